The van der Waals surface area contributed by atoms with Gasteiger partial charge in [0.05, 0.1) is 17.3 Å². The van der Waals surface area contributed by atoms with E-state index < -0.39 is 5.60 Å². The maximum Gasteiger partial charge on any atom is 0.0758 e. The van der Waals surface area contributed by atoms with Crippen LogP contribution in [-0.4, -0.2) is 46.9 Å². The van der Waals surface area contributed by atoms with Gasteiger partial charge in [-0.1, -0.05) is 0 Å². The monoisotopic (exact) mass is 213 g/mol. The van der Waals surface area contributed by atoms with E-state index in [1.165, 1.54) is 0 Å². The van der Waals surface area contributed by atoms with Crippen LogP contribution in [0.1, 0.15) is 40.0 Å². The van der Waals surface area contributed by atoms with Crippen molar-refractivity contribution >= 4 is 0 Å². The molecule has 88 valence electrons. The third kappa shape index (κ3) is 2.92. The fourth-order valence-electron chi connectivity index (χ4n) is 2.69. The molecule has 2 aliphatic rings. The average Bonchev–Trinajstić information content (AvgIpc) is 2.56. The standard InChI is InChI=1S/C12H23NO2/c1-11(2)5-4-10(15-11)8-13-7-6-12(3,14)9-13/h10,14H,4-9H2,1-3H3. The number of likely N-dealkylation sites (tertiary alicyclic amines) is 1. The quantitative estimate of drug-likeness (QED) is 0.752. The van der Waals surface area contributed by atoms with Gasteiger partial charge in [0, 0.05) is 19.6 Å². The van der Waals surface area contributed by atoms with Crippen molar-refractivity contribution in [3.8, 4) is 0 Å². The van der Waals surface area contributed by atoms with Gasteiger partial charge in [0.25, 0.3) is 0 Å². The van der Waals surface area contributed by atoms with Gasteiger partial charge in [0.2, 0.25) is 0 Å². The molecule has 3 nitrogen and oxygen atoms in total. The normalized spacial score (nSPS) is 41.2. The highest BCUT2D eigenvalue weighted by Gasteiger charge is 2.36. The third-order valence-corrected chi connectivity index (χ3v) is 3.55. The molecule has 0 amide bonds. The van der Waals surface area contributed by atoms with Crippen LogP contribution < -0.4 is 0 Å². The summed E-state index contributed by atoms with van der Waals surface area (Å²) in [5.74, 6) is 0. The molecule has 0 saturated carbocycles. The first-order valence-corrected chi connectivity index (χ1v) is 5.99. The summed E-state index contributed by atoms with van der Waals surface area (Å²) in [6.07, 6.45) is 3.57. The molecule has 0 aromatic carbocycles. The number of hydrogen-bond acceptors (Lipinski definition) is 3. The Balaban J connectivity index is 1.80. The van der Waals surface area contributed by atoms with Gasteiger partial charge in [0.1, 0.15) is 0 Å². The Hall–Kier alpha value is -0.120. The highest BCUT2D eigenvalue weighted by atomic mass is 16.5. The van der Waals surface area contributed by atoms with E-state index in [2.05, 4.69) is 18.7 Å². The Morgan fingerprint density at radius 3 is 2.53 bits per heavy atom. The highest BCUT2D eigenvalue weighted by molar-refractivity contribution is 4.89. The van der Waals surface area contributed by atoms with Crippen molar-refractivity contribution in [1.82, 2.24) is 4.90 Å². The molecule has 1 N–H and O–H groups in total. The lowest BCUT2D eigenvalue weighted by Gasteiger charge is -2.24. The van der Waals surface area contributed by atoms with Crippen LogP contribution in [-0.2, 0) is 4.74 Å². The van der Waals surface area contributed by atoms with E-state index in [-0.39, 0.29) is 5.60 Å². The number of aliphatic hydroxyl groups is 1. The molecule has 0 bridgehead atoms. The summed E-state index contributed by atoms with van der Waals surface area (Å²) in [5, 5.41) is 9.86. The number of hydrogen-bond donors (Lipinski definition) is 1. The minimum atomic E-state index is -0.478. The van der Waals surface area contributed by atoms with Crippen LogP contribution in [0.25, 0.3) is 0 Å². The van der Waals surface area contributed by atoms with Gasteiger partial charge in [-0.3, -0.25) is 4.90 Å². The third-order valence-electron chi connectivity index (χ3n) is 3.55. The largest absolute Gasteiger partial charge is 0.389 e. The summed E-state index contributed by atoms with van der Waals surface area (Å²) < 4.78 is 5.96. The second-order valence-corrected chi connectivity index (χ2v) is 6.02. The lowest BCUT2D eigenvalue weighted by atomic mass is 10.1. The molecule has 2 aliphatic heterocycles. The van der Waals surface area contributed by atoms with Gasteiger partial charge < -0.3 is 9.84 Å². The lowest BCUT2D eigenvalue weighted by molar-refractivity contribution is -0.0290. The van der Waals surface area contributed by atoms with Crippen molar-refractivity contribution in [2.75, 3.05) is 19.6 Å². The molecule has 0 aromatic heterocycles. The number of nitrogens with zero attached hydrogens (tertiary/aromatic N) is 1. The predicted octanol–water partition coefficient (Wildman–Crippen LogP) is 1.40. The van der Waals surface area contributed by atoms with Crippen LogP contribution >= 0.6 is 0 Å². The number of ether oxygens (including phenoxy) is 1. The van der Waals surface area contributed by atoms with Gasteiger partial charge in [-0.15, -0.1) is 0 Å². The fraction of sp³-hybridized carbons (Fsp3) is 1.00. The topological polar surface area (TPSA) is 32.7 Å². The maximum atomic E-state index is 9.86. The minimum absolute atomic E-state index is 0.0624. The van der Waals surface area contributed by atoms with Crippen molar-refractivity contribution in [1.29, 1.82) is 0 Å². The van der Waals surface area contributed by atoms with Crippen LogP contribution in [0.4, 0.5) is 0 Å². The van der Waals surface area contributed by atoms with E-state index in [9.17, 15) is 5.11 Å². The second kappa shape index (κ2) is 3.72. The Morgan fingerprint density at radius 1 is 1.33 bits per heavy atom. The molecule has 0 radical (unpaired) electrons. The van der Waals surface area contributed by atoms with Gasteiger partial charge in [0.15, 0.2) is 0 Å². The second-order valence-electron chi connectivity index (χ2n) is 6.02. The van der Waals surface area contributed by atoms with Crippen molar-refractivity contribution in [2.45, 2.75) is 57.3 Å². The zero-order chi connectivity index (χ0) is 11.1. The highest BCUT2D eigenvalue weighted by Crippen LogP contribution is 2.31. The molecule has 2 unspecified atom stereocenters. The van der Waals surface area contributed by atoms with Crippen molar-refractivity contribution in [2.24, 2.45) is 0 Å². The van der Waals surface area contributed by atoms with Crippen LogP contribution in [0.2, 0.25) is 0 Å². The number of rotatable bonds is 2. The lowest BCUT2D eigenvalue weighted by Crippen LogP contribution is -2.35. The molecule has 0 spiro atoms. The molecule has 0 aliphatic carbocycles. The zero-order valence-corrected chi connectivity index (χ0v) is 10.1. The summed E-state index contributed by atoms with van der Waals surface area (Å²) in [4.78, 5) is 2.33. The van der Waals surface area contributed by atoms with E-state index in [4.69, 9.17) is 4.74 Å². The zero-order valence-electron chi connectivity index (χ0n) is 10.1. The molecule has 2 fully saturated rings. The maximum absolute atomic E-state index is 9.86. The molecule has 15 heavy (non-hydrogen) atoms. The van der Waals surface area contributed by atoms with Crippen molar-refractivity contribution in [3.63, 3.8) is 0 Å². The van der Waals surface area contributed by atoms with E-state index in [1.54, 1.807) is 0 Å². The summed E-state index contributed by atoms with van der Waals surface area (Å²) in [5.41, 5.74) is -0.416. The minimum Gasteiger partial charge on any atom is -0.389 e. The molecule has 2 atom stereocenters. The summed E-state index contributed by atoms with van der Waals surface area (Å²) in [6.45, 7) is 9.03. The summed E-state index contributed by atoms with van der Waals surface area (Å²) in [6, 6.07) is 0. The van der Waals surface area contributed by atoms with Gasteiger partial charge in [-0.25, -0.2) is 0 Å². The van der Waals surface area contributed by atoms with Crippen LogP contribution in [0.15, 0.2) is 0 Å². The first kappa shape index (κ1) is 11.4. The molecule has 2 rings (SSSR count). The molecule has 3 heteroatoms. The first-order chi connectivity index (χ1) is 6.86. The van der Waals surface area contributed by atoms with Crippen molar-refractivity contribution in [3.05, 3.63) is 0 Å². The summed E-state index contributed by atoms with van der Waals surface area (Å²) in [7, 11) is 0. The van der Waals surface area contributed by atoms with Crippen molar-refractivity contribution < 1.29 is 9.84 Å². The van der Waals surface area contributed by atoms with Crippen LogP contribution in [0.3, 0.4) is 0 Å². The Morgan fingerprint density at radius 2 is 2.07 bits per heavy atom. The molecule has 2 heterocycles. The SMILES string of the molecule is CC1(O)CCN(CC2CCC(C)(C)O2)C1. The van der Waals surface area contributed by atoms with E-state index in [0.717, 1.165) is 38.9 Å². The van der Waals surface area contributed by atoms with Gasteiger partial charge in [-0.05, 0) is 40.0 Å². The number of β-amino-alcohol motifs (C(OH)–C–C–N with tert-alkyl or cyclic N) is 1. The van der Waals surface area contributed by atoms with Gasteiger partial charge >= 0.3 is 0 Å². The smallest absolute Gasteiger partial charge is 0.0758 e. The molecular weight excluding hydrogens is 190 g/mol. The average molecular weight is 213 g/mol. The van der Waals surface area contributed by atoms with Crippen LogP contribution in [0, 0.1) is 0 Å². The molecular formula is C12H23NO2. The van der Waals surface area contributed by atoms with E-state index in [1.807, 2.05) is 6.92 Å². The summed E-state index contributed by atoms with van der Waals surface area (Å²) >= 11 is 0. The first-order valence-electron chi connectivity index (χ1n) is 5.99. The Bertz CT molecular complexity index is 214. The molecule has 0 aromatic rings. The Labute approximate surface area is 92.4 Å². The van der Waals surface area contributed by atoms with Crippen LogP contribution in [0.5, 0.6) is 0 Å². The molecule has 2 saturated heterocycles. The Kier molecular flexibility index (Phi) is 2.82. The van der Waals surface area contributed by atoms with Gasteiger partial charge in [-0.2, -0.15) is 0 Å². The predicted molar refractivity (Wildman–Crippen MR) is 59.9 cm³/mol. The van der Waals surface area contributed by atoms with E-state index in [0.29, 0.717) is 6.10 Å². The fourth-order valence-corrected chi connectivity index (χ4v) is 2.69. The van der Waals surface area contributed by atoms with E-state index >= 15 is 0 Å².